The van der Waals surface area contributed by atoms with Gasteiger partial charge in [-0.3, -0.25) is 4.79 Å². The molecule has 0 atom stereocenters. The summed E-state index contributed by atoms with van der Waals surface area (Å²) in [6, 6.07) is 13.1. The molecule has 0 fully saturated rings. The molecular weight excluding hydrogens is 397 g/mol. The number of aromatic nitrogens is 5. The van der Waals surface area contributed by atoms with Crippen molar-refractivity contribution < 1.29 is 9.18 Å². The molecule has 4 rings (SSSR count). The summed E-state index contributed by atoms with van der Waals surface area (Å²) in [4.78, 5) is 12.2. The number of hydrogen-bond donors (Lipinski definition) is 1. The number of halogens is 2. The zero-order valence-electron chi connectivity index (χ0n) is 15.3. The molecule has 29 heavy (non-hydrogen) atoms. The van der Waals surface area contributed by atoms with Crippen molar-refractivity contribution >= 4 is 34.8 Å². The van der Waals surface area contributed by atoms with E-state index in [0.29, 0.717) is 27.6 Å². The highest BCUT2D eigenvalue weighted by Gasteiger charge is 2.14. The molecule has 146 valence electrons. The Morgan fingerprint density at radius 1 is 1.24 bits per heavy atom. The summed E-state index contributed by atoms with van der Waals surface area (Å²) in [5, 5.41) is 16.6. The Labute approximate surface area is 169 Å². The van der Waals surface area contributed by atoms with E-state index in [0.717, 1.165) is 5.52 Å². The summed E-state index contributed by atoms with van der Waals surface area (Å²) in [6.45, 7) is 1.73. The van der Waals surface area contributed by atoms with E-state index in [9.17, 15) is 9.18 Å². The van der Waals surface area contributed by atoms with Crippen LogP contribution in [-0.2, 0) is 11.3 Å². The third-order valence-electron chi connectivity index (χ3n) is 4.22. The van der Waals surface area contributed by atoms with Gasteiger partial charge in [0.05, 0.1) is 28.7 Å². The van der Waals surface area contributed by atoms with Gasteiger partial charge in [-0.2, -0.15) is 10.2 Å². The smallest absolute Gasteiger partial charge is 0.261 e. The van der Waals surface area contributed by atoms with Crippen molar-refractivity contribution in [3.8, 4) is 5.69 Å². The van der Waals surface area contributed by atoms with E-state index in [1.165, 1.54) is 27.7 Å². The second-order valence-corrected chi connectivity index (χ2v) is 6.57. The van der Waals surface area contributed by atoms with Gasteiger partial charge in [-0.05, 0) is 43.3 Å². The van der Waals surface area contributed by atoms with Gasteiger partial charge in [-0.1, -0.05) is 28.9 Å². The number of carbonyl (C=O) groups is 1. The first-order valence-electron chi connectivity index (χ1n) is 8.64. The molecule has 2 aromatic heterocycles. The quantitative estimate of drug-likeness (QED) is 0.404. The van der Waals surface area contributed by atoms with E-state index >= 15 is 0 Å². The maximum absolute atomic E-state index is 13.1. The molecule has 2 aromatic carbocycles. The maximum Gasteiger partial charge on any atom is 0.261 e. The van der Waals surface area contributed by atoms with Crippen LogP contribution in [-0.4, -0.2) is 36.9 Å². The van der Waals surface area contributed by atoms with Gasteiger partial charge in [0.15, 0.2) is 0 Å². The third-order valence-corrected chi connectivity index (χ3v) is 4.58. The first kappa shape index (κ1) is 18.8. The molecule has 1 N–H and O–H groups in total. The fraction of sp³-hybridized carbons (Fsp3) is 0.105. The first-order chi connectivity index (χ1) is 14.0. The molecule has 0 spiro atoms. The molecule has 0 saturated heterocycles. The van der Waals surface area contributed by atoms with Crippen molar-refractivity contribution in [1.82, 2.24) is 30.2 Å². The molecule has 8 nitrogen and oxygen atoms in total. The molecule has 0 aliphatic carbocycles. The molecule has 4 aromatic rings. The lowest BCUT2D eigenvalue weighted by Gasteiger charge is -2.02. The van der Waals surface area contributed by atoms with E-state index in [2.05, 4.69) is 25.9 Å². The minimum absolute atomic E-state index is 0.0284. The number of benzene rings is 2. The second-order valence-electron chi connectivity index (χ2n) is 6.21. The van der Waals surface area contributed by atoms with E-state index < -0.39 is 0 Å². The standard InChI is InChI=1S/C19H15ClFN7O/c1-12-15(19(20)28(25-12)14-8-6-13(21)7-9-14)10-22-24-18(29)11-27-17-5-3-2-4-16(17)23-26-27/h2-10H,11H2,1H3,(H,24,29)/b22-10-. The molecule has 0 unspecified atom stereocenters. The Bertz CT molecular complexity index is 1210. The van der Waals surface area contributed by atoms with Crippen molar-refractivity contribution in [1.29, 1.82) is 0 Å². The minimum Gasteiger partial charge on any atom is -0.271 e. The van der Waals surface area contributed by atoms with Gasteiger partial charge < -0.3 is 0 Å². The van der Waals surface area contributed by atoms with E-state index in [-0.39, 0.29) is 18.3 Å². The maximum atomic E-state index is 13.1. The van der Waals surface area contributed by atoms with Crippen LogP contribution in [0.25, 0.3) is 16.7 Å². The monoisotopic (exact) mass is 411 g/mol. The molecule has 0 saturated carbocycles. The van der Waals surface area contributed by atoms with Crippen LogP contribution in [0.4, 0.5) is 4.39 Å². The topological polar surface area (TPSA) is 90.0 Å². The fourth-order valence-corrected chi connectivity index (χ4v) is 3.11. The lowest BCUT2D eigenvalue weighted by molar-refractivity contribution is -0.121. The van der Waals surface area contributed by atoms with E-state index in [4.69, 9.17) is 11.6 Å². The number of hydrazone groups is 1. The van der Waals surface area contributed by atoms with E-state index in [1.54, 1.807) is 19.1 Å². The summed E-state index contributed by atoms with van der Waals surface area (Å²) in [6.07, 6.45) is 1.42. The molecule has 0 aliphatic heterocycles. The molecule has 1 amide bonds. The van der Waals surface area contributed by atoms with Gasteiger partial charge in [-0.15, -0.1) is 5.10 Å². The number of carbonyl (C=O) groups excluding carboxylic acids is 1. The predicted molar refractivity (Wildman–Crippen MR) is 107 cm³/mol. The molecule has 10 heteroatoms. The van der Waals surface area contributed by atoms with Gasteiger partial charge in [0, 0.05) is 0 Å². The SMILES string of the molecule is Cc1nn(-c2ccc(F)cc2)c(Cl)c1/C=N\NC(=O)Cn1nnc2ccccc21. The Morgan fingerprint density at radius 3 is 2.79 bits per heavy atom. The van der Waals surface area contributed by atoms with Crippen molar-refractivity contribution in [3.63, 3.8) is 0 Å². The highest BCUT2D eigenvalue weighted by atomic mass is 35.5. The summed E-state index contributed by atoms with van der Waals surface area (Å²) >= 11 is 6.38. The van der Waals surface area contributed by atoms with Gasteiger partial charge in [-0.25, -0.2) is 19.2 Å². The lowest BCUT2D eigenvalue weighted by atomic mass is 10.3. The number of aryl methyl sites for hydroxylation is 1. The minimum atomic E-state index is -0.364. The summed E-state index contributed by atoms with van der Waals surface area (Å²) in [5.41, 5.74) is 5.67. The number of hydrogen-bond acceptors (Lipinski definition) is 5. The summed E-state index contributed by atoms with van der Waals surface area (Å²) in [7, 11) is 0. The van der Waals surface area contributed by atoms with Crippen LogP contribution in [0.3, 0.4) is 0 Å². The highest BCUT2D eigenvalue weighted by molar-refractivity contribution is 6.32. The zero-order valence-corrected chi connectivity index (χ0v) is 16.0. The van der Waals surface area contributed by atoms with Crippen LogP contribution < -0.4 is 5.43 Å². The molecule has 0 aliphatic rings. The molecule has 2 heterocycles. The normalized spacial score (nSPS) is 11.4. The highest BCUT2D eigenvalue weighted by Crippen LogP contribution is 2.22. The predicted octanol–water partition coefficient (Wildman–Crippen LogP) is 2.87. The molecule has 0 radical (unpaired) electrons. The number of nitrogens with one attached hydrogen (secondary N) is 1. The number of nitrogens with zero attached hydrogens (tertiary/aromatic N) is 6. The first-order valence-corrected chi connectivity index (χ1v) is 9.02. The van der Waals surface area contributed by atoms with Crippen molar-refractivity contribution in [2.24, 2.45) is 5.10 Å². The largest absolute Gasteiger partial charge is 0.271 e. The average Bonchev–Trinajstić information content (AvgIpc) is 3.24. The fourth-order valence-electron chi connectivity index (χ4n) is 2.79. The summed E-state index contributed by atoms with van der Waals surface area (Å²) in [5.74, 6) is -0.713. The molecular formula is C19H15ClFN7O. The Balaban J connectivity index is 1.46. The Kier molecular flexibility index (Phi) is 5.05. The Hall–Kier alpha value is -3.59. The number of fused-ring (bicyclic) bond motifs is 1. The van der Waals surface area contributed by atoms with Gasteiger partial charge in [0.2, 0.25) is 0 Å². The molecule has 0 bridgehead atoms. The van der Waals surface area contributed by atoms with Crippen molar-refractivity contribution in [2.75, 3.05) is 0 Å². The van der Waals surface area contributed by atoms with Crippen LogP contribution in [0.2, 0.25) is 5.15 Å². The van der Waals surface area contributed by atoms with Crippen LogP contribution >= 0.6 is 11.6 Å². The number of para-hydroxylation sites is 1. The van der Waals surface area contributed by atoms with Gasteiger partial charge in [0.25, 0.3) is 5.91 Å². The van der Waals surface area contributed by atoms with Crippen LogP contribution in [0.15, 0.2) is 53.6 Å². The van der Waals surface area contributed by atoms with Gasteiger partial charge >= 0.3 is 0 Å². The van der Waals surface area contributed by atoms with Crippen LogP contribution in [0.5, 0.6) is 0 Å². The van der Waals surface area contributed by atoms with Crippen molar-refractivity contribution in [2.45, 2.75) is 13.5 Å². The second kappa shape index (κ2) is 7.80. The zero-order chi connectivity index (χ0) is 20.4. The summed E-state index contributed by atoms with van der Waals surface area (Å²) < 4.78 is 16.1. The van der Waals surface area contributed by atoms with E-state index in [1.807, 2.05) is 24.3 Å². The number of rotatable bonds is 5. The average molecular weight is 412 g/mol. The number of amides is 1. The third kappa shape index (κ3) is 3.85. The van der Waals surface area contributed by atoms with Crippen LogP contribution in [0, 0.1) is 12.7 Å². The van der Waals surface area contributed by atoms with Crippen molar-refractivity contribution in [3.05, 3.63) is 70.8 Å². The lowest BCUT2D eigenvalue weighted by Crippen LogP contribution is -2.23. The Morgan fingerprint density at radius 2 is 2.00 bits per heavy atom. The van der Waals surface area contributed by atoms with Gasteiger partial charge in [0.1, 0.15) is 23.0 Å². The van der Waals surface area contributed by atoms with Crippen LogP contribution in [0.1, 0.15) is 11.3 Å².